The number of aromatic nitrogens is 1. The molecule has 0 aliphatic heterocycles. The number of rotatable bonds is 3. The van der Waals surface area contributed by atoms with E-state index in [1.807, 2.05) is 0 Å². The molecule has 0 radical (unpaired) electrons. The molecule has 0 atom stereocenters. The minimum atomic E-state index is -2.92. The Morgan fingerprint density at radius 1 is 1.57 bits per heavy atom. The van der Waals surface area contributed by atoms with Gasteiger partial charge in [-0.25, -0.2) is 13.8 Å². The fourth-order valence-corrected chi connectivity index (χ4v) is 0.942. The van der Waals surface area contributed by atoms with Gasteiger partial charge in [0.1, 0.15) is 5.69 Å². The van der Waals surface area contributed by atoms with Crippen LogP contribution < -0.4 is 4.74 Å². The number of hydrogen-bond acceptors (Lipinski definition) is 3. The predicted octanol–water partition coefficient (Wildman–Crippen LogP) is 1.98. The molecular weight excluding hydrogens is 199 g/mol. The summed E-state index contributed by atoms with van der Waals surface area (Å²) >= 11 is 0. The second kappa shape index (κ2) is 4.08. The second-order valence-corrected chi connectivity index (χ2v) is 2.38. The highest BCUT2D eigenvalue weighted by Gasteiger charge is 2.17. The minimum absolute atomic E-state index is 0.232. The van der Waals surface area contributed by atoms with E-state index in [1.165, 1.54) is 0 Å². The third-order valence-corrected chi connectivity index (χ3v) is 1.53. The van der Waals surface area contributed by atoms with Crippen LogP contribution in [-0.4, -0.2) is 18.4 Å². The van der Waals surface area contributed by atoms with E-state index in [1.54, 1.807) is 0 Å². The van der Waals surface area contributed by atoms with Crippen molar-refractivity contribution in [2.45, 2.75) is 6.43 Å². The normalized spacial score (nSPS) is 10.4. The van der Waals surface area contributed by atoms with Gasteiger partial charge in [0.2, 0.25) is 0 Å². The Kier molecular flexibility index (Phi) is 3.06. The zero-order valence-corrected chi connectivity index (χ0v) is 7.13. The Morgan fingerprint density at radius 2 is 2.21 bits per heavy atom. The van der Waals surface area contributed by atoms with Gasteiger partial charge in [-0.1, -0.05) is 0 Å². The Hall–Kier alpha value is -1.59. The van der Waals surface area contributed by atoms with Crippen molar-refractivity contribution in [2.75, 3.05) is 7.11 Å². The van der Waals surface area contributed by atoms with Gasteiger partial charge in [0.05, 0.1) is 12.7 Å². The number of carbonyl (C=O) groups is 1. The minimum Gasteiger partial charge on any atom is -0.491 e. The fourth-order valence-electron chi connectivity index (χ4n) is 0.942. The lowest BCUT2D eigenvalue weighted by Gasteiger charge is -2.06. The number of ether oxygens (including phenoxy) is 1. The molecular formula is C8H6F3NO2. The van der Waals surface area contributed by atoms with Gasteiger partial charge >= 0.3 is 0 Å². The smallest absolute Gasteiger partial charge is 0.280 e. The van der Waals surface area contributed by atoms with Crippen LogP contribution in [0.15, 0.2) is 6.07 Å². The number of pyridine rings is 1. The number of methoxy groups -OCH3 is 1. The van der Waals surface area contributed by atoms with Gasteiger partial charge in [-0.05, 0) is 6.07 Å². The van der Waals surface area contributed by atoms with E-state index in [0.29, 0.717) is 0 Å². The van der Waals surface area contributed by atoms with E-state index in [-0.39, 0.29) is 11.8 Å². The van der Waals surface area contributed by atoms with Gasteiger partial charge in [0.15, 0.2) is 12.0 Å². The first-order valence-electron chi connectivity index (χ1n) is 3.58. The molecule has 0 saturated carbocycles. The standard InChI is InChI=1S/C8H6F3NO2/c1-14-6-4(3-13)2-5(7(9)10)12-8(6)11/h2-3,7H,1H3. The SMILES string of the molecule is COc1c(C=O)cc(C(F)F)nc1F. The summed E-state index contributed by atoms with van der Waals surface area (Å²) in [5.74, 6) is -1.64. The van der Waals surface area contributed by atoms with Crippen LogP contribution in [-0.2, 0) is 0 Å². The van der Waals surface area contributed by atoms with Crippen molar-refractivity contribution in [2.24, 2.45) is 0 Å². The number of hydrogen-bond donors (Lipinski definition) is 0. The average Bonchev–Trinajstić information content (AvgIpc) is 2.16. The quantitative estimate of drug-likeness (QED) is 0.559. The Morgan fingerprint density at radius 3 is 2.64 bits per heavy atom. The summed E-state index contributed by atoms with van der Waals surface area (Å²) in [6, 6.07) is 0.791. The molecule has 3 nitrogen and oxygen atoms in total. The molecule has 0 bridgehead atoms. The largest absolute Gasteiger partial charge is 0.491 e. The highest BCUT2D eigenvalue weighted by Crippen LogP contribution is 2.25. The number of carbonyl (C=O) groups excluding carboxylic acids is 1. The highest BCUT2D eigenvalue weighted by atomic mass is 19.3. The molecule has 0 spiro atoms. The maximum absolute atomic E-state index is 12.9. The van der Waals surface area contributed by atoms with Crippen LogP contribution in [0.3, 0.4) is 0 Å². The van der Waals surface area contributed by atoms with Crippen molar-refractivity contribution in [3.63, 3.8) is 0 Å². The lowest BCUT2D eigenvalue weighted by Crippen LogP contribution is -2.01. The summed E-state index contributed by atoms with van der Waals surface area (Å²) < 4.78 is 41.6. The lowest BCUT2D eigenvalue weighted by molar-refractivity contribution is 0.111. The van der Waals surface area contributed by atoms with Crippen molar-refractivity contribution in [1.29, 1.82) is 0 Å². The second-order valence-electron chi connectivity index (χ2n) is 2.38. The number of nitrogens with zero attached hydrogens (tertiary/aromatic N) is 1. The molecule has 0 amide bonds. The van der Waals surface area contributed by atoms with Crippen molar-refractivity contribution < 1.29 is 22.7 Å². The zero-order chi connectivity index (χ0) is 10.7. The Balaban J connectivity index is 3.31. The van der Waals surface area contributed by atoms with E-state index in [9.17, 15) is 18.0 Å². The van der Waals surface area contributed by atoms with Crippen molar-refractivity contribution >= 4 is 6.29 Å². The third-order valence-electron chi connectivity index (χ3n) is 1.53. The molecule has 0 aliphatic carbocycles. The Labute approximate surface area is 77.5 Å². The van der Waals surface area contributed by atoms with Crippen LogP contribution in [0, 0.1) is 5.95 Å². The molecule has 0 aliphatic rings. The summed E-state index contributed by atoms with van der Waals surface area (Å²) in [5.41, 5.74) is -1.07. The lowest BCUT2D eigenvalue weighted by atomic mass is 10.2. The molecule has 0 N–H and O–H groups in total. The summed E-state index contributed by atoms with van der Waals surface area (Å²) in [4.78, 5) is 13.3. The van der Waals surface area contributed by atoms with Crippen molar-refractivity contribution in [3.05, 3.63) is 23.3 Å². The third kappa shape index (κ3) is 1.84. The first kappa shape index (κ1) is 10.5. The number of halogens is 3. The number of aldehydes is 1. The van der Waals surface area contributed by atoms with Gasteiger partial charge < -0.3 is 4.74 Å². The van der Waals surface area contributed by atoms with Crippen LogP contribution in [0.2, 0.25) is 0 Å². The molecule has 1 aromatic rings. The van der Waals surface area contributed by atoms with E-state index in [2.05, 4.69) is 9.72 Å². The summed E-state index contributed by atoms with van der Waals surface area (Å²) in [7, 11) is 1.12. The first-order valence-corrected chi connectivity index (χ1v) is 3.58. The average molecular weight is 205 g/mol. The van der Waals surface area contributed by atoms with Crippen molar-refractivity contribution in [3.8, 4) is 5.75 Å². The summed E-state index contributed by atoms with van der Waals surface area (Å²) in [6.07, 6.45) is -2.69. The molecule has 76 valence electrons. The van der Waals surface area contributed by atoms with Crippen LogP contribution in [0.1, 0.15) is 22.5 Å². The van der Waals surface area contributed by atoms with Gasteiger partial charge in [-0.2, -0.15) is 4.39 Å². The highest BCUT2D eigenvalue weighted by molar-refractivity contribution is 5.79. The van der Waals surface area contributed by atoms with Gasteiger partial charge in [-0.15, -0.1) is 0 Å². The molecule has 6 heteroatoms. The zero-order valence-electron chi connectivity index (χ0n) is 7.13. The Bertz CT molecular complexity index is 355. The van der Waals surface area contributed by atoms with Gasteiger partial charge in [0, 0.05) is 0 Å². The molecule has 0 saturated heterocycles. The fraction of sp³-hybridized carbons (Fsp3) is 0.250. The van der Waals surface area contributed by atoms with Crippen LogP contribution in [0.5, 0.6) is 5.75 Å². The van der Waals surface area contributed by atoms with Gasteiger partial charge in [0.25, 0.3) is 12.4 Å². The molecule has 14 heavy (non-hydrogen) atoms. The molecule has 0 unspecified atom stereocenters. The summed E-state index contributed by atoms with van der Waals surface area (Å²) in [5, 5.41) is 0. The molecule has 1 heterocycles. The van der Waals surface area contributed by atoms with Crippen LogP contribution in [0.25, 0.3) is 0 Å². The van der Waals surface area contributed by atoms with E-state index in [0.717, 1.165) is 13.2 Å². The monoisotopic (exact) mass is 205 g/mol. The first-order chi connectivity index (χ1) is 6.60. The van der Waals surface area contributed by atoms with E-state index >= 15 is 0 Å². The van der Waals surface area contributed by atoms with Gasteiger partial charge in [-0.3, -0.25) is 4.79 Å². The molecule has 1 aromatic heterocycles. The molecule has 0 aromatic carbocycles. The summed E-state index contributed by atoms with van der Waals surface area (Å²) in [6.45, 7) is 0. The molecule has 0 fully saturated rings. The van der Waals surface area contributed by atoms with Crippen LogP contribution >= 0.6 is 0 Å². The topological polar surface area (TPSA) is 39.2 Å². The van der Waals surface area contributed by atoms with E-state index in [4.69, 9.17) is 0 Å². The predicted molar refractivity (Wildman–Crippen MR) is 41.1 cm³/mol. The van der Waals surface area contributed by atoms with Crippen LogP contribution in [0.4, 0.5) is 13.2 Å². The number of alkyl halides is 2. The molecule has 1 rings (SSSR count). The van der Waals surface area contributed by atoms with E-state index < -0.39 is 23.8 Å². The maximum Gasteiger partial charge on any atom is 0.280 e. The van der Waals surface area contributed by atoms with Crippen molar-refractivity contribution in [1.82, 2.24) is 4.98 Å². The maximum atomic E-state index is 12.9.